The third-order valence-corrected chi connectivity index (χ3v) is 4.50. The number of rotatable bonds is 7. The highest BCUT2D eigenvalue weighted by atomic mass is 19.4. The van der Waals surface area contributed by atoms with E-state index in [0.29, 0.717) is 19.0 Å². The number of nitrogens with zero attached hydrogens (tertiary/aromatic N) is 3. The summed E-state index contributed by atoms with van der Waals surface area (Å²) < 4.78 is 45.4. The number of ether oxygens (including phenoxy) is 1. The molecule has 1 aromatic heterocycles. The van der Waals surface area contributed by atoms with Gasteiger partial charge in [0.1, 0.15) is 0 Å². The van der Waals surface area contributed by atoms with Gasteiger partial charge in [0.25, 0.3) is 5.91 Å². The van der Waals surface area contributed by atoms with Gasteiger partial charge >= 0.3 is 6.18 Å². The van der Waals surface area contributed by atoms with Crippen molar-refractivity contribution in [3.8, 4) is 11.4 Å². The third kappa shape index (κ3) is 4.43. The predicted octanol–water partition coefficient (Wildman–Crippen LogP) is 4.16. The summed E-state index contributed by atoms with van der Waals surface area (Å²) in [7, 11) is 1.41. The summed E-state index contributed by atoms with van der Waals surface area (Å²) in [4.78, 5) is 14.7. The van der Waals surface area contributed by atoms with Crippen LogP contribution in [0, 0.1) is 5.92 Å². The van der Waals surface area contributed by atoms with Gasteiger partial charge in [0, 0.05) is 13.1 Å². The molecule has 8 heteroatoms. The first-order valence-corrected chi connectivity index (χ1v) is 8.94. The lowest BCUT2D eigenvalue weighted by atomic mass is 10.2. The van der Waals surface area contributed by atoms with Gasteiger partial charge in [0.2, 0.25) is 0 Å². The lowest BCUT2D eigenvalue weighted by Gasteiger charge is -2.21. The van der Waals surface area contributed by atoms with E-state index in [1.165, 1.54) is 30.1 Å². The summed E-state index contributed by atoms with van der Waals surface area (Å²) >= 11 is 0. The summed E-state index contributed by atoms with van der Waals surface area (Å²) in [6.45, 7) is 3.27. The molecule has 3 rings (SSSR count). The maximum absolute atomic E-state index is 13.0. The maximum atomic E-state index is 13.0. The van der Waals surface area contributed by atoms with Gasteiger partial charge in [-0.15, -0.1) is 0 Å². The second-order valence-electron chi connectivity index (χ2n) is 6.73. The predicted molar refractivity (Wildman–Crippen MR) is 94.0 cm³/mol. The van der Waals surface area contributed by atoms with Gasteiger partial charge < -0.3 is 9.64 Å². The van der Waals surface area contributed by atoms with E-state index in [2.05, 4.69) is 5.10 Å². The van der Waals surface area contributed by atoms with Gasteiger partial charge in [-0.3, -0.25) is 4.79 Å². The fraction of sp³-hybridized carbons (Fsp3) is 0.474. The van der Waals surface area contributed by atoms with Crippen molar-refractivity contribution < 1.29 is 22.7 Å². The van der Waals surface area contributed by atoms with Crippen LogP contribution in [0.4, 0.5) is 13.2 Å². The van der Waals surface area contributed by atoms with Gasteiger partial charge in [-0.2, -0.15) is 18.3 Å². The number of hydrogen-bond donors (Lipinski definition) is 0. The topological polar surface area (TPSA) is 47.4 Å². The molecule has 5 nitrogen and oxygen atoms in total. The molecule has 0 bridgehead atoms. The molecule has 1 aliphatic rings. The molecule has 0 aliphatic heterocycles. The van der Waals surface area contributed by atoms with E-state index in [1.54, 1.807) is 4.90 Å². The highest BCUT2D eigenvalue weighted by molar-refractivity contribution is 5.95. The molecule has 0 N–H and O–H groups in total. The zero-order valence-corrected chi connectivity index (χ0v) is 15.3. The Labute approximate surface area is 155 Å². The highest BCUT2D eigenvalue weighted by Gasteiger charge is 2.32. The van der Waals surface area contributed by atoms with Crippen LogP contribution in [0.2, 0.25) is 0 Å². The largest absolute Gasteiger partial charge is 0.493 e. The molecular weight excluding hydrogens is 359 g/mol. The summed E-state index contributed by atoms with van der Waals surface area (Å²) in [6, 6.07) is 4.80. The van der Waals surface area contributed by atoms with Crippen LogP contribution < -0.4 is 4.74 Å². The van der Waals surface area contributed by atoms with Gasteiger partial charge in [-0.1, -0.05) is 13.0 Å². The molecule has 27 heavy (non-hydrogen) atoms. The zero-order chi connectivity index (χ0) is 19.6. The zero-order valence-electron chi connectivity index (χ0n) is 15.3. The molecule has 0 saturated heterocycles. The van der Waals surface area contributed by atoms with E-state index in [0.717, 1.165) is 31.4 Å². The van der Waals surface area contributed by atoms with Crippen LogP contribution >= 0.6 is 0 Å². The molecule has 1 heterocycles. The highest BCUT2D eigenvalue weighted by Crippen LogP contribution is 2.32. The minimum atomic E-state index is -4.45. The number of methoxy groups -OCH3 is 1. The molecule has 146 valence electrons. The lowest BCUT2D eigenvalue weighted by molar-refractivity contribution is -0.137. The average molecular weight is 381 g/mol. The first kappa shape index (κ1) is 19.3. The Balaban J connectivity index is 1.92. The number of alkyl halides is 3. The molecule has 1 aliphatic carbocycles. The van der Waals surface area contributed by atoms with E-state index in [1.807, 2.05) is 6.92 Å². The number of aromatic nitrogens is 2. The molecular formula is C19H22F3N3O2. The van der Waals surface area contributed by atoms with E-state index in [-0.39, 0.29) is 23.0 Å². The Hall–Kier alpha value is -2.51. The molecule has 0 spiro atoms. The average Bonchev–Trinajstić information content (AvgIpc) is 3.35. The normalized spacial score (nSPS) is 14.3. The second kappa shape index (κ2) is 7.62. The van der Waals surface area contributed by atoms with Crippen molar-refractivity contribution in [2.24, 2.45) is 5.92 Å². The van der Waals surface area contributed by atoms with Crippen LogP contribution in [-0.4, -0.2) is 40.8 Å². The van der Waals surface area contributed by atoms with Crippen LogP contribution in [0.3, 0.4) is 0 Å². The summed E-state index contributed by atoms with van der Waals surface area (Å²) in [5, 5.41) is 4.24. The lowest BCUT2D eigenvalue weighted by Crippen LogP contribution is -2.34. The number of halogens is 3. The number of amides is 1. The van der Waals surface area contributed by atoms with Crippen LogP contribution in [0.15, 0.2) is 30.5 Å². The van der Waals surface area contributed by atoms with E-state index < -0.39 is 11.7 Å². The van der Waals surface area contributed by atoms with Crippen LogP contribution in [-0.2, 0) is 6.18 Å². The summed E-state index contributed by atoms with van der Waals surface area (Å²) in [5.41, 5.74) is -0.445. The SMILES string of the molecule is CCCN(CC1CC1)C(=O)c1nn(-c2cccc(C(F)(F)F)c2)cc1OC. The minimum Gasteiger partial charge on any atom is -0.493 e. The molecule has 0 radical (unpaired) electrons. The fourth-order valence-corrected chi connectivity index (χ4v) is 2.92. The van der Waals surface area contributed by atoms with Crippen LogP contribution in [0.1, 0.15) is 42.2 Å². The van der Waals surface area contributed by atoms with Crippen molar-refractivity contribution in [2.75, 3.05) is 20.2 Å². The smallest absolute Gasteiger partial charge is 0.416 e. The number of hydrogen-bond acceptors (Lipinski definition) is 3. The Bertz CT molecular complexity index is 813. The molecule has 2 aromatic rings. The molecule has 1 saturated carbocycles. The van der Waals surface area contributed by atoms with Crippen molar-refractivity contribution in [3.63, 3.8) is 0 Å². The third-order valence-electron chi connectivity index (χ3n) is 4.50. The Kier molecular flexibility index (Phi) is 5.43. The van der Waals surface area contributed by atoms with Crippen LogP contribution in [0.25, 0.3) is 5.69 Å². The van der Waals surface area contributed by atoms with E-state index >= 15 is 0 Å². The number of carbonyl (C=O) groups is 1. The molecule has 1 amide bonds. The van der Waals surface area contributed by atoms with Crippen molar-refractivity contribution in [3.05, 3.63) is 41.7 Å². The van der Waals surface area contributed by atoms with Crippen molar-refractivity contribution >= 4 is 5.91 Å². The molecule has 0 atom stereocenters. The second-order valence-corrected chi connectivity index (χ2v) is 6.73. The van der Waals surface area contributed by atoms with Gasteiger partial charge in [0.15, 0.2) is 11.4 Å². The summed E-state index contributed by atoms with van der Waals surface area (Å²) in [5.74, 6) is 0.512. The number of carbonyl (C=O) groups excluding carboxylic acids is 1. The summed E-state index contributed by atoms with van der Waals surface area (Å²) in [6.07, 6.45) is 0.0276. The standard InChI is InChI=1S/C19H22F3N3O2/c1-3-9-24(11-13-7-8-13)18(26)17-16(27-2)12-25(23-17)15-6-4-5-14(10-15)19(20,21)22/h4-6,10,12-13H,3,7-9,11H2,1-2H3. The van der Waals surface area contributed by atoms with Crippen molar-refractivity contribution in [1.29, 1.82) is 0 Å². The van der Waals surface area contributed by atoms with Crippen molar-refractivity contribution in [2.45, 2.75) is 32.4 Å². The quantitative estimate of drug-likeness (QED) is 0.724. The van der Waals surface area contributed by atoms with E-state index in [9.17, 15) is 18.0 Å². The van der Waals surface area contributed by atoms with Gasteiger partial charge in [-0.25, -0.2) is 4.68 Å². The first-order chi connectivity index (χ1) is 12.8. The van der Waals surface area contributed by atoms with Gasteiger partial charge in [0.05, 0.1) is 24.6 Å². The maximum Gasteiger partial charge on any atom is 0.416 e. The van der Waals surface area contributed by atoms with Crippen LogP contribution in [0.5, 0.6) is 5.75 Å². The Morgan fingerprint density at radius 1 is 1.37 bits per heavy atom. The van der Waals surface area contributed by atoms with Gasteiger partial charge in [-0.05, 0) is 43.4 Å². The Morgan fingerprint density at radius 3 is 2.70 bits per heavy atom. The monoisotopic (exact) mass is 381 g/mol. The first-order valence-electron chi connectivity index (χ1n) is 8.94. The molecule has 1 aromatic carbocycles. The van der Waals surface area contributed by atoms with E-state index in [4.69, 9.17) is 4.74 Å². The molecule has 0 unspecified atom stereocenters. The minimum absolute atomic E-state index is 0.115. The Morgan fingerprint density at radius 2 is 2.11 bits per heavy atom. The van der Waals surface area contributed by atoms with Crippen molar-refractivity contribution in [1.82, 2.24) is 14.7 Å². The number of benzene rings is 1. The molecule has 1 fully saturated rings. The fourth-order valence-electron chi connectivity index (χ4n) is 2.92.